The molecular weight excluding hydrogens is 160 g/mol. The molecule has 70 valence electrons. The smallest absolute Gasteiger partial charge is 0.123 e. The second kappa shape index (κ2) is 4.13. The molecule has 0 unspecified atom stereocenters. The van der Waals surface area contributed by atoms with Gasteiger partial charge < -0.3 is 4.74 Å². The highest BCUT2D eigenvalue weighted by atomic mass is 16.5. The first-order chi connectivity index (χ1) is 6.13. The number of benzene rings is 1. The molecule has 0 radical (unpaired) electrons. The van der Waals surface area contributed by atoms with Crippen molar-refractivity contribution in [2.75, 3.05) is 0 Å². The summed E-state index contributed by atoms with van der Waals surface area (Å²) in [6, 6.07) is 6.10. The Kier molecular flexibility index (Phi) is 3.13. The van der Waals surface area contributed by atoms with Gasteiger partial charge in [0.1, 0.15) is 5.75 Å². The standard InChI is InChI=1S/C12H16O/c1-5-11-7-6-10(4)12(8-11)13-9(2)3/h5-9H,1H2,2-4H3. The van der Waals surface area contributed by atoms with Crippen LogP contribution in [0.1, 0.15) is 25.0 Å². The average Bonchev–Trinajstić information content (AvgIpc) is 2.08. The lowest BCUT2D eigenvalue weighted by molar-refractivity contribution is 0.241. The van der Waals surface area contributed by atoms with Crippen molar-refractivity contribution in [3.05, 3.63) is 35.9 Å². The molecule has 0 fully saturated rings. The summed E-state index contributed by atoms with van der Waals surface area (Å²) in [5.74, 6) is 0.951. The zero-order valence-electron chi connectivity index (χ0n) is 8.50. The van der Waals surface area contributed by atoms with E-state index in [2.05, 4.69) is 12.6 Å². The first-order valence-electron chi connectivity index (χ1n) is 4.53. The molecule has 0 aromatic heterocycles. The lowest BCUT2D eigenvalue weighted by Crippen LogP contribution is -2.06. The van der Waals surface area contributed by atoms with Crippen LogP contribution in [-0.4, -0.2) is 6.10 Å². The molecule has 1 heteroatoms. The van der Waals surface area contributed by atoms with Crippen molar-refractivity contribution in [3.8, 4) is 5.75 Å². The Labute approximate surface area is 80.0 Å². The van der Waals surface area contributed by atoms with E-state index < -0.39 is 0 Å². The van der Waals surface area contributed by atoms with E-state index in [9.17, 15) is 0 Å². The molecule has 0 aliphatic carbocycles. The Morgan fingerprint density at radius 1 is 1.38 bits per heavy atom. The second-order valence-electron chi connectivity index (χ2n) is 3.40. The van der Waals surface area contributed by atoms with E-state index in [-0.39, 0.29) is 6.10 Å². The summed E-state index contributed by atoms with van der Waals surface area (Å²) in [5.41, 5.74) is 2.26. The van der Waals surface area contributed by atoms with Gasteiger partial charge in [0.25, 0.3) is 0 Å². The van der Waals surface area contributed by atoms with E-state index in [0.29, 0.717) is 0 Å². The Morgan fingerprint density at radius 2 is 2.08 bits per heavy atom. The second-order valence-corrected chi connectivity index (χ2v) is 3.40. The topological polar surface area (TPSA) is 9.23 Å². The number of aryl methyl sites for hydroxylation is 1. The minimum absolute atomic E-state index is 0.221. The molecule has 0 bridgehead atoms. The highest BCUT2D eigenvalue weighted by Crippen LogP contribution is 2.21. The third-order valence-electron chi connectivity index (χ3n) is 1.81. The first kappa shape index (κ1) is 9.85. The van der Waals surface area contributed by atoms with Gasteiger partial charge in [-0.15, -0.1) is 0 Å². The molecule has 0 N–H and O–H groups in total. The Morgan fingerprint density at radius 3 is 2.62 bits per heavy atom. The fraction of sp³-hybridized carbons (Fsp3) is 0.333. The highest BCUT2D eigenvalue weighted by molar-refractivity contribution is 5.51. The molecule has 0 aliphatic rings. The zero-order chi connectivity index (χ0) is 9.84. The molecule has 1 rings (SSSR count). The third-order valence-corrected chi connectivity index (χ3v) is 1.81. The lowest BCUT2D eigenvalue weighted by atomic mass is 10.1. The van der Waals surface area contributed by atoms with Crippen molar-refractivity contribution in [2.45, 2.75) is 26.9 Å². The predicted octanol–water partition coefficient (Wildman–Crippen LogP) is 3.43. The normalized spacial score (nSPS) is 10.2. The Hall–Kier alpha value is -1.24. The maximum absolute atomic E-state index is 5.64. The molecule has 13 heavy (non-hydrogen) atoms. The summed E-state index contributed by atoms with van der Waals surface area (Å²) in [6.07, 6.45) is 2.05. The summed E-state index contributed by atoms with van der Waals surface area (Å²) in [5, 5.41) is 0. The van der Waals surface area contributed by atoms with Gasteiger partial charge in [-0.2, -0.15) is 0 Å². The van der Waals surface area contributed by atoms with Gasteiger partial charge >= 0.3 is 0 Å². The minimum Gasteiger partial charge on any atom is -0.491 e. The van der Waals surface area contributed by atoms with Crippen LogP contribution in [0.15, 0.2) is 24.8 Å². The van der Waals surface area contributed by atoms with Crippen molar-refractivity contribution >= 4 is 6.08 Å². The summed E-state index contributed by atoms with van der Waals surface area (Å²) in [6.45, 7) is 9.83. The fourth-order valence-corrected chi connectivity index (χ4v) is 1.12. The molecule has 0 heterocycles. The third kappa shape index (κ3) is 2.62. The van der Waals surface area contributed by atoms with E-state index in [4.69, 9.17) is 4.74 Å². The summed E-state index contributed by atoms with van der Waals surface area (Å²) in [7, 11) is 0. The van der Waals surface area contributed by atoms with E-state index in [1.165, 1.54) is 5.56 Å². The van der Waals surface area contributed by atoms with Crippen LogP contribution in [0, 0.1) is 6.92 Å². The van der Waals surface area contributed by atoms with Crippen molar-refractivity contribution < 1.29 is 4.74 Å². The number of rotatable bonds is 3. The zero-order valence-corrected chi connectivity index (χ0v) is 8.50. The largest absolute Gasteiger partial charge is 0.491 e. The fourth-order valence-electron chi connectivity index (χ4n) is 1.12. The van der Waals surface area contributed by atoms with E-state index >= 15 is 0 Å². The van der Waals surface area contributed by atoms with E-state index in [1.807, 2.05) is 39.0 Å². The van der Waals surface area contributed by atoms with Crippen LogP contribution < -0.4 is 4.74 Å². The molecule has 0 amide bonds. The van der Waals surface area contributed by atoms with Crippen molar-refractivity contribution in [1.29, 1.82) is 0 Å². The monoisotopic (exact) mass is 176 g/mol. The molecule has 0 aliphatic heterocycles. The molecule has 0 saturated heterocycles. The van der Waals surface area contributed by atoms with Crippen LogP contribution in [0.3, 0.4) is 0 Å². The molecule has 1 aromatic rings. The highest BCUT2D eigenvalue weighted by Gasteiger charge is 2.01. The van der Waals surface area contributed by atoms with Crippen molar-refractivity contribution in [2.24, 2.45) is 0 Å². The van der Waals surface area contributed by atoms with Crippen molar-refractivity contribution in [1.82, 2.24) is 0 Å². The molecule has 1 aromatic carbocycles. The van der Waals surface area contributed by atoms with Gasteiger partial charge in [0.15, 0.2) is 0 Å². The number of hydrogen-bond acceptors (Lipinski definition) is 1. The number of hydrogen-bond donors (Lipinski definition) is 0. The lowest BCUT2D eigenvalue weighted by Gasteiger charge is -2.12. The Balaban J connectivity index is 2.96. The van der Waals surface area contributed by atoms with Gasteiger partial charge in [-0.1, -0.05) is 24.8 Å². The maximum Gasteiger partial charge on any atom is 0.123 e. The van der Waals surface area contributed by atoms with Gasteiger partial charge in [-0.3, -0.25) is 0 Å². The van der Waals surface area contributed by atoms with Crippen molar-refractivity contribution in [3.63, 3.8) is 0 Å². The van der Waals surface area contributed by atoms with Crippen LogP contribution >= 0.6 is 0 Å². The van der Waals surface area contributed by atoms with Crippen LogP contribution in [0.4, 0.5) is 0 Å². The van der Waals surface area contributed by atoms with Gasteiger partial charge in [0.05, 0.1) is 6.10 Å². The summed E-state index contributed by atoms with van der Waals surface area (Å²) >= 11 is 0. The van der Waals surface area contributed by atoms with Gasteiger partial charge in [-0.25, -0.2) is 0 Å². The SMILES string of the molecule is C=Cc1ccc(C)c(OC(C)C)c1. The molecule has 1 nitrogen and oxygen atoms in total. The molecule has 0 saturated carbocycles. The number of ether oxygens (including phenoxy) is 1. The summed E-state index contributed by atoms with van der Waals surface area (Å²) < 4.78 is 5.64. The predicted molar refractivity (Wildman–Crippen MR) is 57.0 cm³/mol. The minimum atomic E-state index is 0.221. The quantitative estimate of drug-likeness (QED) is 0.685. The maximum atomic E-state index is 5.64. The van der Waals surface area contributed by atoms with Crippen LogP contribution in [-0.2, 0) is 0 Å². The van der Waals surface area contributed by atoms with Gasteiger partial charge in [0.2, 0.25) is 0 Å². The van der Waals surface area contributed by atoms with Gasteiger partial charge in [0, 0.05) is 0 Å². The first-order valence-corrected chi connectivity index (χ1v) is 4.53. The van der Waals surface area contributed by atoms with E-state index in [0.717, 1.165) is 11.3 Å². The summed E-state index contributed by atoms with van der Waals surface area (Å²) in [4.78, 5) is 0. The molecule has 0 spiro atoms. The Bertz CT molecular complexity index is 300. The molecule has 0 atom stereocenters. The van der Waals surface area contributed by atoms with Crippen LogP contribution in [0.5, 0.6) is 5.75 Å². The van der Waals surface area contributed by atoms with Crippen LogP contribution in [0.2, 0.25) is 0 Å². The average molecular weight is 176 g/mol. The van der Waals surface area contributed by atoms with E-state index in [1.54, 1.807) is 0 Å². The van der Waals surface area contributed by atoms with Gasteiger partial charge in [-0.05, 0) is 38.0 Å². The molecular formula is C12H16O. The van der Waals surface area contributed by atoms with Crippen LogP contribution in [0.25, 0.3) is 6.08 Å².